The second-order valence-electron chi connectivity index (χ2n) is 9.00. The topological polar surface area (TPSA) is 348 Å². The Labute approximate surface area is 300 Å². The molecule has 2 aromatic heterocycles. The maximum Gasteiger partial charge on any atom is 0.408 e. The molecular weight excluding hydrogens is 697 g/mol. The van der Waals surface area contributed by atoms with Gasteiger partial charge in [0, 0.05) is 30.6 Å². The summed E-state index contributed by atoms with van der Waals surface area (Å²) < 4.78 is 17.2. The number of nitrogens with two attached hydrogens (primary N) is 1. The molecule has 28 heteroatoms. The number of hydroxylamine groups is 3. The number of amides is 3. The highest BCUT2D eigenvalue weighted by molar-refractivity contribution is 5.98. The number of isocyanates is 1. The van der Waals surface area contributed by atoms with Gasteiger partial charge in [0.05, 0.1) is 24.5 Å². The van der Waals surface area contributed by atoms with Crippen molar-refractivity contribution in [2.75, 3.05) is 57.7 Å². The minimum atomic E-state index is -1.27. The molecule has 0 fully saturated rings. The Balaban J connectivity index is 0. The largest absolute Gasteiger partial charge is 0.449 e. The van der Waals surface area contributed by atoms with Crippen molar-refractivity contribution in [1.29, 1.82) is 0 Å². The van der Waals surface area contributed by atoms with Crippen molar-refractivity contribution >= 4 is 54.2 Å². The van der Waals surface area contributed by atoms with Gasteiger partial charge in [0.2, 0.25) is 18.0 Å². The maximum atomic E-state index is 12.2. The van der Waals surface area contributed by atoms with Crippen molar-refractivity contribution in [2.24, 2.45) is 10.2 Å². The van der Waals surface area contributed by atoms with Crippen LogP contribution in [-0.2, 0) is 41.2 Å². The number of hydrogen-bond acceptors (Lipinski definition) is 20. The van der Waals surface area contributed by atoms with Gasteiger partial charge in [-0.25, -0.2) is 24.4 Å². The maximum absolute atomic E-state index is 12.2. The summed E-state index contributed by atoms with van der Waals surface area (Å²) in [4.78, 5) is 86.4. The first-order chi connectivity index (χ1) is 24.4. The Morgan fingerprint density at radius 2 is 1.71 bits per heavy atom. The smallest absolute Gasteiger partial charge is 0.408 e. The second-order valence-corrected chi connectivity index (χ2v) is 9.00. The van der Waals surface area contributed by atoms with E-state index >= 15 is 0 Å². The number of hydrogen-bond donors (Lipinski definition) is 9. The molecule has 0 aromatic carbocycles. The molecule has 6 radical (unpaired) electrons. The third-order valence-electron chi connectivity index (χ3n) is 5.42. The summed E-state index contributed by atoms with van der Waals surface area (Å²) in [5, 5.41) is 27.7. The molecule has 10 N–H and O–H groups in total. The zero-order valence-corrected chi connectivity index (χ0v) is 27.4. The highest BCUT2D eigenvalue weighted by atomic mass is 16.7. The van der Waals surface area contributed by atoms with Crippen LogP contribution in [0.2, 0.25) is 0 Å². The second kappa shape index (κ2) is 29.7. The number of carbonyl (C=O) groups excluding carboxylic acids is 3. The summed E-state index contributed by atoms with van der Waals surface area (Å²) in [6.07, 6.45) is -0.441. The van der Waals surface area contributed by atoms with E-state index in [1.165, 1.54) is 13.0 Å². The van der Waals surface area contributed by atoms with Gasteiger partial charge in [-0.05, 0) is 19.0 Å². The standard InChI is InChI=1S/C13H19B2N7O8.C7H11N3O2.C3H5BN2O3.CH4/c1-7-8(2-3-28-13(25)17-5-22(27)6-29-14)10(23)19-11(18-7)20-12(24)16-4-9(21-26)30-15;1-4-5(2-3-11)6(12)10-7(8)9-4;4-8-3-9-6-1-5-2-7;/h9,27H,2-6H2,1H3,(H,17,25)(H3,16,18,19,20,23,24);11H,2-3H2,1H3,(H3,8,9,10,12);6H,1,3H2;1H4. The number of nitroso groups, excluding NO2 is 1. The van der Waals surface area contributed by atoms with Crippen LogP contribution in [0.4, 0.5) is 21.5 Å². The van der Waals surface area contributed by atoms with Gasteiger partial charge in [-0.1, -0.05) is 7.43 Å². The molecule has 2 rings (SSSR count). The Morgan fingerprint density at radius 3 is 2.27 bits per heavy atom. The summed E-state index contributed by atoms with van der Waals surface area (Å²) in [5.74, 6) is -0.0361. The lowest BCUT2D eigenvalue weighted by Gasteiger charge is -2.14. The number of nitrogen functional groups attached to an aromatic ring is 1. The number of urea groups is 1. The van der Waals surface area contributed by atoms with Crippen LogP contribution in [0.1, 0.15) is 29.9 Å². The highest BCUT2D eigenvalue weighted by Gasteiger charge is 2.13. The van der Waals surface area contributed by atoms with Crippen molar-refractivity contribution in [1.82, 2.24) is 41.1 Å². The summed E-state index contributed by atoms with van der Waals surface area (Å²) in [6.45, 7) is 2.06. The van der Waals surface area contributed by atoms with E-state index in [4.69, 9.17) is 31.7 Å². The molecule has 0 bridgehead atoms. The Morgan fingerprint density at radius 1 is 1.06 bits per heavy atom. The molecule has 0 spiro atoms. The average Bonchev–Trinajstić information content (AvgIpc) is 3.08. The van der Waals surface area contributed by atoms with Crippen molar-refractivity contribution in [3.05, 3.63) is 48.1 Å². The molecule has 282 valence electrons. The van der Waals surface area contributed by atoms with Gasteiger partial charge in [0.15, 0.2) is 13.0 Å². The van der Waals surface area contributed by atoms with E-state index in [1.807, 2.05) is 0 Å². The Bertz CT molecular complexity index is 1520. The van der Waals surface area contributed by atoms with E-state index in [0.29, 0.717) is 22.7 Å². The van der Waals surface area contributed by atoms with E-state index < -0.39 is 23.9 Å². The molecule has 0 aliphatic carbocycles. The first-order valence-electron chi connectivity index (χ1n) is 14.0. The fraction of sp³-hybridized carbons (Fsp3) is 0.542. The van der Waals surface area contributed by atoms with Crippen LogP contribution in [-0.4, -0.2) is 131 Å². The number of aromatic amines is 2. The first kappa shape index (κ1) is 49.1. The van der Waals surface area contributed by atoms with Gasteiger partial charge in [-0.15, -0.1) is 9.97 Å². The number of alkyl carbamates (subject to hydrolysis) is 1. The highest BCUT2D eigenvalue weighted by Crippen LogP contribution is 2.04. The molecule has 3 amide bonds. The van der Waals surface area contributed by atoms with E-state index in [1.54, 1.807) is 6.92 Å². The normalized spacial score (nSPS) is 10.5. The molecule has 0 saturated heterocycles. The van der Waals surface area contributed by atoms with Gasteiger partial charge >= 0.3 is 12.1 Å². The van der Waals surface area contributed by atoms with Gasteiger partial charge in [0.1, 0.15) is 20.1 Å². The number of nitrogens with zero attached hydrogens (tertiary/aromatic N) is 5. The van der Waals surface area contributed by atoms with Crippen LogP contribution < -0.4 is 38.3 Å². The molecule has 2 aromatic rings. The number of aliphatic hydroxyl groups excluding tert-OH is 1. The van der Waals surface area contributed by atoms with Crippen LogP contribution in [0.15, 0.2) is 19.8 Å². The van der Waals surface area contributed by atoms with E-state index in [9.17, 15) is 34.1 Å². The minimum absolute atomic E-state index is 0. The summed E-state index contributed by atoms with van der Waals surface area (Å²) in [5.41, 5.74) is 8.31. The zero-order valence-electron chi connectivity index (χ0n) is 27.4. The number of H-pyrrole nitrogens is 2. The van der Waals surface area contributed by atoms with E-state index in [0.717, 1.165) is 0 Å². The van der Waals surface area contributed by atoms with Crippen LogP contribution >= 0.6 is 0 Å². The van der Waals surface area contributed by atoms with Crippen molar-refractivity contribution in [2.45, 2.75) is 40.3 Å². The van der Waals surface area contributed by atoms with Gasteiger partial charge in [0.25, 0.3) is 35.3 Å². The monoisotopic (exact) mass is 736 g/mol. The van der Waals surface area contributed by atoms with Crippen molar-refractivity contribution in [3.63, 3.8) is 0 Å². The summed E-state index contributed by atoms with van der Waals surface area (Å²) in [7, 11) is 14.1. The number of aromatic nitrogens is 4. The van der Waals surface area contributed by atoms with Crippen molar-refractivity contribution in [3.8, 4) is 0 Å². The molecular formula is C24H39B3N12O13. The lowest BCUT2D eigenvalue weighted by atomic mass is 10.2. The predicted molar refractivity (Wildman–Crippen MR) is 182 cm³/mol. The average molecular weight is 736 g/mol. The third kappa shape index (κ3) is 21.9. The summed E-state index contributed by atoms with van der Waals surface area (Å²) in [6, 6.07) is -0.783. The van der Waals surface area contributed by atoms with Crippen LogP contribution in [0.25, 0.3) is 0 Å². The summed E-state index contributed by atoms with van der Waals surface area (Å²) >= 11 is 0. The lowest BCUT2D eigenvalue weighted by molar-refractivity contribution is -0.136. The van der Waals surface area contributed by atoms with Gasteiger partial charge in [-0.2, -0.15) is 10.5 Å². The van der Waals surface area contributed by atoms with Gasteiger partial charge in [-0.3, -0.25) is 29.7 Å². The third-order valence-corrected chi connectivity index (χ3v) is 5.42. The first-order valence-corrected chi connectivity index (χ1v) is 14.0. The van der Waals surface area contributed by atoms with Crippen LogP contribution in [0, 0.1) is 18.8 Å². The molecule has 2 heterocycles. The number of aliphatic hydroxyl groups is 1. The molecule has 0 saturated carbocycles. The number of carbonyl (C=O) groups is 2. The minimum Gasteiger partial charge on any atom is -0.449 e. The quantitative estimate of drug-likeness (QED) is 0.0132. The lowest BCUT2D eigenvalue weighted by Crippen LogP contribution is -2.37. The van der Waals surface area contributed by atoms with Gasteiger partial charge < -0.3 is 45.4 Å². The zero-order chi connectivity index (χ0) is 38.6. The molecule has 52 heavy (non-hydrogen) atoms. The van der Waals surface area contributed by atoms with Crippen molar-refractivity contribution < 1.29 is 48.2 Å². The SMILES string of the molecule is C.Cc1nc(N)[nH]c(=O)c1CCO.[B]OCN(O)CNC(=O)OCCc1c(C)nc(NC(=O)NCC(N=O)O[B])[nH]c1=O.[B]OCONCN=C=O. The fourth-order valence-corrected chi connectivity index (χ4v) is 3.21. The number of ether oxygens (including phenoxy) is 1. The number of aliphatic imine (C=N–C) groups is 1. The van der Waals surface area contributed by atoms with E-state index in [2.05, 4.69) is 78.4 Å². The number of aryl methyl sites for hydroxylation is 2. The Hall–Kier alpha value is -5.05. The Kier molecular flexibility index (Phi) is 28.0. The molecule has 0 aliphatic rings. The number of rotatable bonds is 19. The number of nitrogens with one attached hydrogen (secondary N) is 6. The fourth-order valence-electron chi connectivity index (χ4n) is 3.21. The molecule has 1 unspecified atom stereocenters. The molecule has 0 aliphatic heterocycles. The number of anilines is 2. The van der Waals surface area contributed by atoms with Crippen LogP contribution in [0.3, 0.4) is 0 Å². The van der Waals surface area contributed by atoms with E-state index in [-0.39, 0.29) is 89.2 Å². The van der Waals surface area contributed by atoms with Crippen LogP contribution in [0.5, 0.6) is 0 Å². The predicted octanol–water partition coefficient (Wildman–Crippen LogP) is -2.94. The molecule has 1 atom stereocenters. The molecule has 25 nitrogen and oxygen atoms in total.